The predicted molar refractivity (Wildman–Crippen MR) is 56.1 cm³/mol. The van der Waals surface area contributed by atoms with E-state index in [1.54, 1.807) is 13.1 Å². The molecule has 2 nitrogen and oxygen atoms in total. The number of fused-ring (bicyclic) bond motifs is 1. The van der Waals surface area contributed by atoms with Crippen molar-refractivity contribution in [3.63, 3.8) is 0 Å². The summed E-state index contributed by atoms with van der Waals surface area (Å²) in [5.74, 6) is 0.182. The van der Waals surface area contributed by atoms with Crippen molar-refractivity contribution in [3.05, 3.63) is 42.1 Å². The Hall–Kier alpha value is -1.70. The van der Waals surface area contributed by atoms with Gasteiger partial charge in [-0.1, -0.05) is 18.2 Å². The van der Waals surface area contributed by atoms with Crippen molar-refractivity contribution in [1.82, 2.24) is 4.98 Å². The van der Waals surface area contributed by atoms with Gasteiger partial charge in [-0.3, -0.25) is 9.78 Å². The highest BCUT2D eigenvalue weighted by Gasteiger charge is 2.02. The molecule has 0 atom stereocenters. The van der Waals surface area contributed by atoms with Gasteiger partial charge in [0.2, 0.25) is 0 Å². The molecule has 70 valence electrons. The van der Waals surface area contributed by atoms with Crippen molar-refractivity contribution < 1.29 is 4.79 Å². The number of ketones is 1. The van der Waals surface area contributed by atoms with E-state index < -0.39 is 0 Å². The van der Waals surface area contributed by atoms with Gasteiger partial charge in [-0.15, -0.1) is 0 Å². The zero-order valence-corrected chi connectivity index (χ0v) is 8.03. The normalized spacial score (nSPS) is 10.4. The number of benzene rings is 1. The second kappa shape index (κ2) is 3.58. The Morgan fingerprint density at radius 1 is 1.29 bits per heavy atom. The van der Waals surface area contributed by atoms with Crippen molar-refractivity contribution in [2.75, 3.05) is 0 Å². The maximum atomic E-state index is 11.0. The van der Waals surface area contributed by atoms with Crippen LogP contribution in [0.2, 0.25) is 0 Å². The van der Waals surface area contributed by atoms with Crippen molar-refractivity contribution in [1.29, 1.82) is 0 Å². The summed E-state index contributed by atoms with van der Waals surface area (Å²) in [5, 5.41) is 1.07. The molecule has 14 heavy (non-hydrogen) atoms. The standard InChI is InChI=1S/C12H11NO/c1-9(14)8-10-6-7-13-12-5-3-2-4-11(10)12/h2-7H,8H2,1H3. The van der Waals surface area contributed by atoms with Crippen LogP contribution in [-0.4, -0.2) is 10.8 Å². The molecule has 0 spiro atoms. The summed E-state index contributed by atoms with van der Waals surface area (Å²) < 4.78 is 0. The molecule has 1 aromatic carbocycles. The molecule has 0 aliphatic rings. The predicted octanol–water partition coefficient (Wildman–Crippen LogP) is 2.37. The molecule has 0 fully saturated rings. The first-order valence-electron chi connectivity index (χ1n) is 4.59. The van der Waals surface area contributed by atoms with E-state index in [9.17, 15) is 4.79 Å². The van der Waals surface area contributed by atoms with Gasteiger partial charge in [0.15, 0.2) is 0 Å². The van der Waals surface area contributed by atoms with Crippen LogP contribution >= 0.6 is 0 Å². The number of rotatable bonds is 2. The molecule has 0 radical (unpaired) electrons. The second-order valence-corrected chi connectivity index (χ2v) is 3.37. The molecule has 0 saturated heterocycles. The number of hydrogen-bond donors (Lipinski definition) is 0. The molecule has 0 unspecified atom stereocenters. The zero-order valence-electron chi connectivity index (χ0n) is 8.03. The number of Topliss-reactive ketones (excluding diaryl/α,β-unsaturated/α-hetero) is 1. The minimum absolute atomic E-state index is 0.182. The summed E-state index contributed by atoms with van der Waals surface area (Å²) in [6.45, 7) is 1.61. The molecule has 2 rings (SSSR count). The Balaban J connectivity index is 2.59. The first kappa shape index (κ1) is 8.88. The number of nitrogens with zero attached hydrogens (tertiary/aromatic N) is 1. The third kappa shape index (κ3) is 1.64. The van der Waals surface area contributed by atoms with Crippen LogP contribution in [0, 0.1) is 0 Å². The molecule has 0 saturated carbocycles. The average molecular weight is 185 g/mol. The SMILES string of the molecule is CC(=O)Cc1ccnc2ccccc12. The summed E-state index contributed by atoms with van der Waals surface area (Å²) in [6, 6.07) is 9.78. The van der Waals surface area contributed by atoms with Crippen LogP contribution in [0.4, 0.5) is 0 Å². The monoisotopic (exact) mass is 185 g/mol. The van der Waals surface area contributed by atoms with Crippen LogP contribution in [0.1, 0.15) is 12.5 Å². The highest BCUT2D eigenvalue weighted by molar-refractivity contribution is 5.87. The van der Waals surface area contributed by atoms with E-state index in [1.807, 2.05) is 30.3 Å². The van der Waals surface area contributed by atoms with Gasteiger partial charge in [0.25, 0.3) is 0 Å². The smallest absolute Gasteiger partial charge is 0.134 e. The molecule has 1 heterocycles. The van der Waals surface area contributed by atoms with E-state index >= 15 is 0 Å². The number of carbonyl (C=O) groups is 1. The number of carbonyl (C=O) groups excluding carboxylic acids is 1. The van der Waals surface area contributed by atoms with Crippen LogP contribution in [0.25, 0.3) is 10.9 Å². The lowest BCUT2D eigenvalue weighted by Gasteiger charge is -2.02. The first-order chi connectivity index (χ1) is 6.77. The fourth-order valence-electron chi connectivity index (χ4n) is 1.58. The van der Waals surface area contributed by atoms with Crippen LogP contribution in [0.15, 0.2) is 36.5 Å². The van der Waals surface area contributed by atoms with Gasteiger partial charge in [0, 0.05) is 18.0 Å². The lowest BCUT2D eigenvalue weighted by Crippen LogP contribution is -1.97. The summed E-state index contributed by atoms with van der Waals surface area (Å²) in [6.07, 6.45) is 2.24. The van der Waals surface area contributed by atoms with Gasteiger partial charge in [0.1, 0.15) is 5.78 Å². The Kier molecular flexibility index (Phi) is 2.27. The Labute approximate surface area is 82.6 Å². The molecule has 1 aromatic heterocycles. The highest BCUT2D eigenvalue weighted by atomic mass is 16.1. The van der Waals surface area contributed by atoms with Crippen LogP contribution in [0.5, 0.6) is 0 Å². The van der Waals surface area contributed by atoms with E-state index in [0.29, 0.717) is 6.42 Å². The summed E-state index contributed by atoms with van der Waals surface area (Å²) in [7, 11) is 0. The fourth-order valence-corrected chi connectivity index (χ4v) is 1.58. The van der Waals surface area contributed by atoms with Crippen molar-refractivity contribution in [2.24, 2.45) is 0 Å². The van der Waals surface area contributed by atoms with Gasteiger partial charge >= 0.3 is 0 Å². The van der Waals surface area contributed by atoms with Crippen LogP contribution in [0.3, 0.4) is 0 Å². The van der Waals surface area contributed by atoms with Gasteiger partial charge in [-0.2, -0.15) is 0 Å². The summed E-state index contributed by atoms with van der Waals surface area (Å²) in [5.41, 5.74) is 2.01. The molecule has 2 heteroatoms. The lowest BCUT2D eigenvalue weighted by molar-refractivity contribution is -0.116. The van der Waals surface area contributed by atoms with Gasteiger partial charge < -0.3 is 0 Å². The molecule has 0 bridgehead atoms. The largest absolute Gasteiger partial charge is 0.300 e. The third-order valence-electron chi connectivity index (χ3n) is 2.18. The first-order valence-corrected chi connectivity index (χ1v) is 4.59. The molecular formula is C12H11NO. The number of para-hydroxylation sites is 1. The summed E-state index contributed by atoms with van der Waals surface area (Å²) >= 11 is 0. The average Bonchev–Trinajstić information content (AvgIpc) is 2.18. The van der Waals surface area contributed by atoms with Gasteiger partial charge in [0.05, 0.1) is 5.52 Å². The van der Waals surface area contributed by atoms with Crippen LogP contribution in [-0.2, 0) is 11.2 Å². The van der Waals surface area contributed by atoms with Crippen molar-refractivity contribution in [3.8, 4) is 0 Å². The maximum Gasteiger partial charge on any atom is 0.134 e. The maximum absolute atomic E-state index is 11.0. The molecule has 2 aromatic rings. The Morgan fingerprint density at radius 3 is 2.86 bits per heavy atom. The van der Waals surface area contributed by atoms with Gasteiger partial charge in [-0.25, -0.2) is 0 Å². The summed E-state index contributed by atoms with van der Waals surface area (Å²) in [4.78, 5) is 15.3. The lowest BCUT2D eigenvalue weighted by atomic mass is 10.0. The third-order valence-corrected chi connectivity index (χ3v) is 2.18. The number of hydrogen-bond acceptors (Lipinski definition) is 2. The van der Waals surface area contributed by atoms with E-state index in [2.05, 4.69) is 4.98 Å². The molecule has 0 amide bonds. The van der Waals surface area contributed by atoms with E-state index in [0.717, 1.165) is 16.5 Å². The quantitative estimate of drug-likeness (QED) is 0.719. The molecule has 0 aliphatic heterocycles. The molecular weight excluding hydrogens is 174 g/mol. The topological polar surface area (TPSA) is 30.0 Å². The van der Waals surface area contributed by atoms with E-state index in [4.69, 9.17) is 0 Å². The number of aromatic nitrogens is 1. The van der Waals surface area contributed by atoms with E-state index in [-0.39, 0.29) is 5.78 Å². The van der Waals surface area contributed by atoms with E-state index in [1.165, 1.54) is 0 Å². The van der Waals surface area contributed by atoms with Crippen molar-refractivity contribution >= 4 is 16.7 Å². The minimum atomic E-state index is 0.182. The molecule has 0 aliphatic carbocycles. The molecule has 0 N–H and O–H groups in total. The fraction of sp³-hybridized carbons (Fsp3) is 0.167. The Morgan fingerprint density at radius 2 is 2.07 bits per heavy atom. The van der Waals surface area contributed by atoms with Crippen molar-refractivity contribution in [2.45, 2.75) is 13.3 Å². The van der Waals surface area contributed by atoms with Crippen LogP contribution < -0.4 is 0 Å². The number of pyridine rings is 1. The van der Waals surface area contributed by atoms with Gasteiger partial charge in [-0.05, 0) is 24.6 Å². The highest BCUT2D eigenvalue weighted by Crippen LogP contribution is 2.16. The zero-order chi connectivity index (χ0) is 9.97. The Bertz CT molecular complexity index is 471. The second-order valence-electron chi connectivity index (χ2n) is 3.37. The minimum Gasteiger partial charge on any atom is -0.300 e.